The molecule has 1 aromatic heterocycles. The Bertz CT molecular complexity index is 280. The van der Waals surface area contributed by atoms with E-state index >= 15 is 0 Å². The monoisotopic (exact) mass is 247 g/mol. The summed E-state index contributed by atoms with van der Waals surface area (Å²) in [4.78, 5) is 4.27. The standard InChI is InChI=1S/C9H17N3OS2/c1-3-10-8(6-13)4-5-14-9-11-7(2)12-15-9/h8,10,13H,3-6H2,1-2H3. The largest absolute Gasteiger partial charge is 0.395 e. The van der Waals surface area contributed by atoms with Gasteiger partial charge in [0.25, 0.3) is 0 Å². The lowest BCUT2D eigenvalue weighted by Gasteiger charge is -2.13. The van der Waals surface area contributed by atoms with Gasteiger partial charge in [-0.15, -0.1) is 0 Å². The second kappa shape index (κ2) is 7.16. The van der Waals surface area contributed by atoms with Crippen LogP contribution in [-0.4, -0.2) is 39.4 Å². The first-order chi connectivity index (χ1) is 7.26. The van der Waals surface area contributed by atoms with Crippen LogP contribution in [0.1, 0.15) is 19.2 Å². The number of nitrogens with one attached hydrogen (secondary N) is 1. The van der Waals surface area contributed by atoms with Gasteiger partial charge in [-0.1, -0.05) is 18.7 Å². The molecule has 1 aromatic rings. The Labute approximate surface area is 98.7 Å². The first kappa shape index (κ1) is 12.9. The van der Waals surface area contributed by atoms with E-state index in [9.17, 15) is 0 Å². The molecule has 6 heteroatoms. The Morgan fingerprint density at radius 2 is 2.40 bits per heavy atom. The highest BCUT2D eigenvalue weighted by Crippen LogP contribution is 2.20. The van der Waals surface area contributed by atoms with E-state index in [-0.39, 0.29) is 12.6 Å². The Balaban J connectivity index is 2.20. The van der Waals surface area contributed by atoms with Gasteiger partial charge in [-0.2, -0.15) is 4.37 Å². The minimum atomic E-state index is 0.198. The molecular formula is C9H17N3OS2. The summed E-state index contributed by atoms with van der Waals surface area (Å²) in [5.74, 6) is 1.81. The average molecular weight is 247 g/mol. The number of aliphatic hydroxyl groups is 1. The fourth-order valence-electron chi connectivity index (χ4n) is 1.17. The Morgan fingerprint density at radius 3 is 2.93 bits per heavy atom. The van der Waals surface area contributed by atoms with Gasteiger partial charge in [-0.05, 0) is 31.4 Å². The molecule has 1 rings (SSSR count). The van der Waals surface area contributed by atoms with Gasteiger partial charge in [0.1, 0.15) is 5.82 Å². The van der Waals surface area contributed by atoms with E-state index in [1.54, 1.807) is 11.8 Å². The van der Waals surface area contributed by atoms with Gasteiger partial charge in [0, 0.05) is 11.8 Å². The van der Waals surface area contributed by atoms with E-state index in [1.807, 2.05) is 13.8 Å². The highest BCUT2D eigenvalue weighted by atomic mass is 32.2. The number of hydrogen-bond acceptors (Lipinski definition) is 6. The van der Waals surface area contributed by atoms with Gasteiger partial charge in [-0.25, -0.2) is 4.98 Å². The maximum absolute atomic E-state index is 9.06. The van der Waals surface area contributed by atoms with Crippen LogP contribution in [0.5, 0.6) is 0 Å². The first-order valence-corrected chi connectivity index (χ1v) is 6.79. The third-order valence-electron chi connectivity index (χ3n) is 1.91. The van der Waals surface area contributed by atoms with Crippen molar-refractivity contribution in [3.05, 3.63) is 5.82 Å². The van der Waals surface area contributed by atoms with Crippen molar-refractivity contribution in [1.29, 1.82) is 0 Å². The molecule has 0 saturated heterocycles. The molecule has 0 amide bonds. The van der Waals surface area contributed by atoms with Gasteiger partial charge in [0.05, 0.1) is 6.61 Å². The maximum atomic E-state index is 9.06. The minimum Gasteiger partial charge on any atom is -0.395 e. The molecule has 1 unspecified atom stereocenters. The SMILES string of the molecule is CCNC(CO)CCSc1nc(C)ns1. The third kappa shape index (κ3) is 4.92. The molecule has 0 bridgehead atoms. The Hall–Kier alpha value is -0.170. The van der Waals surface area contributed by atoms with Crippen LogP contribution < -0.4 is 5.32 Å². The van der Waals surface area contributed by atoms with Crippen LogP contribution in [0.3, 0.4) is 0 Å². The summed E-state index contributed by atoms with van der Waals surface area (Å²) in [6.45, 7) is 5.04. The Morgan fingerprint density at radius 1 is 1.60 bits per heavy atom. The van der Waals surface area contributed by atoms with Gasteiger partial charge >= 0.3 is 0 Å². The van der Waals surface area contributed by atoms with E-state index in [0.29, 0.717) is 0 Å². The molecule has 0 aliphatic heterocycles. The molecule has 0 fully saturated rings. The lowest BCUT2D eigenvalue weighted by Crippen LogP contribution is -2.32. The van der Waals surface area contributed by atoms with Crippen molar-refractivity contribution in [1.82, 2.24) is 14.7 Å². The summed E-state index contributed by atoms with van der Waals surface area (Å²) in [6.07, 6.45) is 0.952. The highest BCUT2D eigenvalue weighted by Gasteiger charge is 2.06. The summed E-state index contributed by atoms with van der Waals surface area (Å²) in [5.41, 5.74) is 0. The molecule has 0 aromatic carbocycles. The van der Waals surface area contributed by atoms with Gasteiger partial charge < -0.3 is 10.4 Å². The minimum absolute atomic E-state index is 0.198. The predicted molar refractivity (Wildman–Crippen MR) is 64.5 cm³/mol. The topological polar surface area (TPSA) is 58.0 Å². The van der Waals surface area contributed by atoms with Crippen LogP contribution in [0.25, 0.3) is 0 Å². The molecular weight excluding hydrogens is 230 g/mol. The summed E-state index contributed by atoms with van der Waals surface area (Å²) >= 11 is 3.15. The number of thioether (sulfide) groups is 1. The normalized spacial score (nSPS) is 13.0. The zero-order valence-electron chi connectivity index (χ0n) is 9.06. The predicted octanol–water partition coefficient (Wildman–Crippen LogP) is 1.30. The van der Waals surface area contributed by atoms with E-state index in [2.05, 4.69) is 14.7 Å². The van der Waals surface area contributed by atoms with Crippen LogP contribution in [0.2, 0.25) is 0 Å². The van der Waals surface area contributed by atoms with Crippen molar-refractivity contribution in [3.8, 4) is 0 Å². The van der Waals surface area contributed by atoms with Crippen LogP contribution in [0.15, 0.2) is 4.34 Å². The van der Waals surface area contributed by atoms with Crippen LogP contribution in [0, 0.1) is 6.92 Å². The maximum Gasteiger partial charge on any atom is 0.170 e. The van der Waals surface area contributed by atoms with E-state index < -0.39 is 0 Å². The van der Waals surface area contributed by atoms with Crippen LogP contribution in [-0.2, 0) is 0 Å². The summed E-state index contributed by atoms with van der Waals surface area (Å²) in [7, 11) is 0. The smallest absolute Gasteiger partial charge is 0.170 e. The number of nitrogens with zero attached hydrogens (tertiary/aromatic N) is 2. The fourth-order valence-corrected chi connectivity index (χ4v) is 2.94. The lowest BCUT2D eigenvalue weighted by molar-refractivity contribution is 0.242. The van der Waals surface area contributed by atoms with E-state index in [4.69, 9.17) is 5.11 Å². The first-order valence-electron chi connectivity index (χ1n) is 5.03. The molecule has 0 aliphatic rings. The van der Waals surface area contributed by atoms with E-state index in [0.717, 1.165) is 28.9 Å². The molecule has 1 heterocycles. The van der Waals surface area contributed by atoms with Crippen molar-refractivity contribution in [2.75, 3.05) is 18.9 Å². The Kier molecular flexibility index (Phi) is 6.16. The number of rotatable bonds is 7. The molecule has 0 radical (unpaired) electrons. The molecule has 15 heavy (non-hydrogen) atoms. The quantitative estimate of drug-likeness (QED) is 0.711. The van der Waals surface area contributed by atoms with Crippen molar-refractivity contribution >= 4 is 23.3 Å². The van der Waals surface area contributed by atoms with Crippen molar-refractivity contribution in [3.63, 3.8) is 0 Å². The molecule has 2 N–H and O–H groups in total. The third-order valence-corrected chi connectivity index (χ3v) is 3.87. The molecule has 0 aliphatic carbocycles. The van der Waals surface area contributed by atoms with Crippen LogP contribution >= 0.6 is 23.3 Å². The zero-order valence-corrected chi connectivity index (χ0v) is 10.7. The number of aromatic nitrogens is 2. The molecule has 86 valence electrons. The van der Waals surface area contributed by atoms with E-state index in [1.165, 1.54) is 11.5 Å². The molecule has 0 spiro atoms. The number of aliphatic hydroxyl groups excluding tert-OH is 1. The van der Waals surface area contributed by atoms with Crippen LogP contribution in [0.4, 0.5) is 0 Å². The number of aryl methyl sites for hydroxylation is 1. The van der Waals surface area contributed by atoms with Crippen molar-refractivity contribution in [2.24, 2.45) is 0 Å². The second-order valence-corrected chi connectivity index (χ2v) is 5.28. The fraction of sp³-hybridized carbons (Fsp3) is 0.778. The van der Waals surface area contributed by atoms with Gasteiger partial charge in [0.15, 0.2) is 4.34 Å². The van der Waals surface area contributed by atoms with Crippen molar-refractivity contribution in [2.45, 2.75) is 30.6 Å². The van der Waals surface area contributed by atoms with Crippen molar-refractivity contribution < 1.29 is 5.11 Å². The summed E-state index contributed by atoms with van der Waals surface area (Å²) in [5, 5.41) is 12.3. The molecule has 1 atom stereocenters. The average Bonchev–Trinajstić information content (AvgIpc) is 2.63. The highest BCUT2D eigenvalue weighted by molar-refractivity contribution is 8.00. The summed E-state index contributed by atoms with van der Waals surface area (Å²) in [6, 6.07) is 0.205. The number of hydrogen-bond donors (Lipinski definition) is 2. The summed E-state index contributed by atoms with van der Waals surface area (Å²) < 4.78 is 5.13. The van der Waals surface area contributed by atoms with Gasteiger partial charge in [0.2, 0.25) is 0 Å². The second-order valence-electron chi connectivity index (χ2n) is 3.18. The van der Waals surface area contributed by atoms with Gasteiger partial charge in [-0.3, -0.25) is 0 Å². The molecule has 0 saturated carbocycles. The molecule has 4 nitrogen and oxygen atoms in total. The zero-order chi connectivity index (χ0) is 11.1. The lowest BCUT2D eigenvalue weighted by atomic mass is 10.2. The number of likely N-dealkylation sites (N-methyl/N-ethyl adjacent to an activating group) is 1.